The van der Waals surface area contributed by atoms with Crippen LogP contribution in [-0.4, -0.2) is 39.8 Å². The first-order valence-electron chi connectivity index (χ1n) is 11.2. The number of alkyl halides is 6. The molecule has 0 aromatic carbocycles. The van der Waals surface area contributed by atoms with Crippen molar-refractivity contribution in [2.24, 2.45) is 21.6 Å². The summed E-state index contributed by atoms with van der Waals surface area (Å²) < 4.78 is 82.9. The molecule has 0 radical (unpaired) electrons. The van der Waals surface area contributed by atoms with Crippen LogP contribution in [0.5, 0.6) is 0 Å². The van der Waals surface area contributed by atoms with Crippen LogP contribution in [0.15, 0.2) is 22.4 Å². The Morgan fingerprint density at radius 1 is 1.00 bits per heavy atom. The quantitative estimate of drug-likeness (QED) is 0.553. The molecule has 0 spiro atoms. The Morgan fingerprint density at radius 3 is 2.18 bits per heavy atom. The first kappa shape index (κ1) is 24.5. The van der Waals surface area contributed by atoms with Gasteiger partial charge in [-0.25, -0.2) is 32.5 Å². The van der Waals surface area contributed by atoms with Crippen LogP contribution in [0, 0.1) is 5.92 Å². The van der Waals surface area contributed by atoms with Gasteiger partial charge in [-0.15, -0.1) is 0 Å². The number of nitrogens with one attached hydrogen (secondary N) is 2. The maximum absolute atomic E-state index is 14.0. The average molecular weight is 491 g/mol. The van der Waals surface area contributed by atoms with E-state index >= 15 is 0 Å². The van der Waals surface area contributed by atoms with Gasteiger partial charge in [-0.2, -0.15) is 8.78 Å². The Morgan fingerprint density at radius 2 is 1.59 bits per heavy atom. The zero-order chi connectivity index (χ0) is 24.8. The molecule has 0 bridgehead atoms. The molecule has 1 aliphatic heterocycles. The van der Waals surface area contributed by atoms with Crippen molar-refractivity contribution in [1.82, 2.24) is 20.6 Å². The van der Waals surface area contributed by atoms with E-state index in [2.05, 4.69) is 30.6 Å². The molecule has 4 N–H and O–H groups in total. The number of nitrogens with two attached hydrogens (primary N) is 1. The van der Waals surface area contributed by atoms with Gasteiger partial charge in [0.1, 0.15) is 11.4 Å². The lowest BCUT2D eigenvalue weighted by Gasteiger charge is -2.44. The molecule has 7 nitrogen and oxygen atoms in total. The number of aliphatic imine (C=N–C) groups is 2. The number of hydrogen-bond acceptors (Lipinski definition) is 5. The van der Waals surface area contributed by atoms with Gasteiger partial charge in [0.2, 0.25) is 17.8 Å². The maximum Gasteiger partial charge on any atom is 0.288 e. The van der Waals surface area contributed by atoms with Crippen molar-refractivity contribution < 1.29 is 26.3 Å². The topological polar surface area (TPSA) is 101 Å². The van der Waals surface area contributed by atoms with E-state index in [1.165, 1.54) is 6.20 Å². The standard InChI is InChI=1S/C21H27F6N7/c1-18(22,23)14-10-29-11-15(31-14)21(12-2-6-19(24,25)7-3-12)33-16(28)32-17(34-21)30-13-4-8-20(26,27)9-5-13/h10-13H,2-9H2,1H3,(H4,28,30,32,33,34). The lowest BCUT2D eigenvalue weighted by Crippen LogP contribution is -2.62. The molecule has 2 aliphatic carbocycles. The van der Waals surface area contributed by atoms with E-state index in [-0.39, 0.29) is 56.1 Å². The number of aromatic nitrogens is 2. The average Bonchev–Trinajstić information content (AvgIpc) is 2.74. The second-order valence-corrected chi connectivity index (χ2v) is 9.39. The first-order valence-corrected chi connectivity index (χ1v) is 11.2. The van der Waals surface area contributed by atoms with E-state index in [0.717, 1.165) is 6.20 Å². The molecule has 188 valence electrons. The van der Waals surface area contributed by atoms with E-state index < -0.39 is 53.9 Å². The van der Waals surface area contributed by atoms with Crippen LogP contribution < -0.4 is 16.4 Å². The lowest BCUT2D eigenvalue weighted by molar-refractivity contribution is -0.0570. The van der Waals surface area contributed by atoms with Gasteiger partial charge in [-0.3, -0.25) is 10.3 Å². The van der Waals surface area contributed by atoms with Crippen LogP contribution in [0.3, 0.4) is 0 Å². The van der Waals surface area contributed by atoms with E-state index in [9.17, 15) is 26.3 Å². The molecule has 3 aliphatic rings. The molecule has 0 amide bonds. The normalized spacial score (nSPS) is 29.3. The highest BCUT2D eigenvalue weighted by atomic mass is 19.3. The maximum atomic E-state index is 14.0. The summed E-state index contributed by atoms with van der Waals surface area (Å²) in [5, 5.41) is 5.79. The van der Waals surface area contributed by atoms with Crippen LogP contribution in [0.1, 0.15) is 69.7 Å². The summed E-state index contributed by atoms with van der Waals surface area (Å²) in [6, 6.07) is -0.425. The molecule has 1 atom stereocenters. The van der Waals surface area contributed by atoms with E-state index in [4.69, 9.17) is 5.73 Å². The third-order valence-corrected chi connectivity index (χ3v) is 6.63. The summed E-state index contributed by atoms with van der Waals surface area (Å²) >= 11 is 0. The van der Waals surface area contributed by atoms with Gasteiger partial charge in [0.05, 0.1) is 18.4 Å². The van der Waals surface area contributed by atoms with Crippen LogP contribution in [-0.2, 0) is 11.6 Å². The lowest BCUT2D eigenvalue weighted by atomic mass is 9.76. The van der Waals surface area contributed by atoms with Crippen molar-refractivity contribution in [3.8, 4) is 0 Å². The minimum atomic E-state index is -3.30. The van der Waals surface area contributed by atoms with E-state index in [1.54, 1.807) is 0 Å². The molecule has 2 heterocycles. The molecular weight excluding hydrogens is 464 g/mol. The summed E-state index contributed by atoms with van der Waals surface area (Å²) in [5.74, 6) is -9.46. The van der Waals surface area contributed by atoms with Gasteiger partial charge in [-0.1, -0.05) is 0 Å². The van der Waals surface area contributed by atoms with Crippen molar-refractivity contribution in [2.75, 3.05) is 0 Å². The van der Waals surface area contributed by atoms with Gasteiger partial charge in [0.25, 0.3) is 5.92 Å². The van der Waals surface area contributed by atoms with E-state index in [0.29, 0.717) is 6.92 Å². The van der Waals surface area contributed by atoms with Gasteiger partial charge >= 0.3 is 0 Å². The fourth-order valence-corrected chi connectivity index (χ4v) is 4.72. The third-order valence-electron chi connectivity index (χ3n) is 6.63. The Bertz CT molecular complexity index is 957. The predicted molar refractivity (Wildman–Crippen MR) is 113 cm³/mol. The molecular formula is C21H27F6N7. The van der Waals surface area contributed by atoms with Crippen LogP contribution in [0.25, 0.3) is 0 Å². The van der Waals surface area contributed by atoms with Gasteiger partial charge in [0, 0.05) is 38.5 Å². The highest BCUT2D eigenvalue weighted by Crippen LogP contribution is 2.45. The van der Waals surface area contributed by atoms with Crippen LogP contribution >= 0.6 is 0 Å². The first-order chi connectivity index (χ1) is 15.8. The zero-order valence-electron chi connectivity index (χ0n) is 18.6. The molecule has 13 heteroatoms. The second-order valence-electron chi connectivity index (χ2n) is 9.39. The molecule has 2 saturated carbocycles. The molecule has 4 rings (SSSR count). The van der Waals surface area contributed by atoms with Crippen molar-refractivity contribution in [3.05, 3.63) is 23.8 Å². The van der Waals surface area contributed by atoms with E-state index in [1.807, 2.05) is 0 Å². The Labute approximate surface area is 192 Å². The second kappa shape index (κ2) is 8.56. The number of guanidine groups is 2. The Balaban J connectivity index is 1.72. The fourth-order valence-electron chi connectivity index (χ4n) is 4.72. The zero-order valence-corrected chi connectivity index (χ0v) is 18.6. The number of nitrogens with zero attached hydrogens (tertiary/aromatic N) is 4. The highest BCUT2D eigenvalue weighted by Gasteiger charge is 2.50. The highest BCUT2D eigenvalue weighted by molar-refractivity contribution is 6.00. The largest absolute Gasteiger partial charge is 0.370 e. The number of rotatable bonds is 4. The van der Waals surface area contributed by atoms with Crippen LogP contribution in [0.2, 0.25) is 0 Å². The molecule has 2 fully saturated rings. The summed E-state index contributed by atoms with van der Waals surface area (Å²) in [4.78, 5) is 16.9. The van der Waals surface area contributed by atoms with Crippen molar-refractivity contribution >= 4 is 11.9 Å². The number of hydrogen-bond donors (Lipinski definition) is 3. The molecule has 1 unspecified atom stereocenters. The smallest absolute Gasteiger partial charge is 0.288 e. The summed E-state index contributed by atoms with van der Waals surface area (Å²) in [5.41, 5.74) is 3.84. The molecule has 1 aromatic rings. The minimum Gasteiger partial charge on any atom is -0.370 e. The minimum absolute atomic E-state index is 0.00549. The van der Waals surface area contributed by atoms with Gasteiger partial charge < -0.3 is 11.1 Å². The van der Waals surface area contributed by atoms with Crippen molar-refractivity contribution in [2.45, 2.75) is 87.8 Å². The van der Waals surface area contributed by atoms with Gasteiger partial charge in [-0.05, 0) is 25.7 Å². The summed E-state index contributed by atoms with van der Waals surface area (Å²) in [6.07, 6.45) is 1.08. The summed E-state index contributed by atoms with van der Waals surface area (Å²) in [6.45, 7) is 0.674. The van der Waals surface area contributed by atoms with Crippen molar-refractivity contribution in [3.63, 3.8) is 0 Å². The van der Waals surface area contributed by atoms with Crippen LogP contribution in [0.4, 0.5) is 26.3 Å². The molecule has 34 heavy (non-hydrogen) atoms. The molecule has 1 aromatic heterocycles. The van der Waals surface area contributed by atoms with Crippen molar-refractivity contribution in [1.29, 1.82) is 0 Å². The SMILES string of the molecule is CC(F)(F)c1cncc(C2(C3CCC(F)(F)CC3)N=C(N)NC(=NC3CCC(F)(F)CC3)N2)n1. The van der Waals surface area contributed by atoms with Gasteiger partial charge in [0.15, 0.2) is 11.6 Å². The monoisotopic (exact) mass is 491 g/mol. The summed E-state index contributed by atoms with van der Waals surface area (Å²) in [7, 11) is 0. The molecule has 0 saturated heterocycles. The fraction of sp³-hybridized carbons (Fsp3) is 0.714. The Kier molecular flexibility index (Phi) is 6.17. The number of halogens is 6. The Hall–Kier alpha value is -2.60. The third kappa shape index (κ3) is 5.22. The predicted octanol–water partition coefficient (Wildman–Crippen LogP) is 4.01.